The van der Waals surface area contributed by atoms with Gasteiger partial charge in [-0.1, -0.05) is 12.1 Å². The van der Waals surface area contributed by atoms with Crippen molar-refractivity contribution in [2.75, 3.05) is 5.73 Å². The van der Waals surface area contributed by atoms with Crippen molar-refractivity contribution in [2.24, 2.45) is 0 Å². The molecule has 88 valence electrons. The molecule has 0 atom stereocenters. The van der Waals surface area contributed by atoms with Crippen LogP contribution in [0.2, 0.25) is 0 Å². The van der Waals surface area contributed by atoms with Crippen molar-refractivity contribution in [3.05, 3.63) is 36.8 Å². The molecule has 8 nitrogen and oxygen atoms in total. The highest BCUT2D eigenvalue weighted by Gasteiger charge is 2.04. The minimum absolute atomic E-state index is 0.139. The molecule has 3 rings (SSSR count). The number of aromatic nitrogens is 7. The fourth-order valence-electron chi connectivity index (χ4n) is 1.54. The summed E-state index contributed by atoms with van der Waals surface area (Å²) in [5, 5.41) is 18.4. The van der Waals surface area contributed by atoms with Gasteiger partial charge in [-0.15, -0.1) is 10.2 Å². The molecule has 0 aliphatic rings. The van der Waals surface area contributed by atoms with Crippen molar-refractivity contribution < 1.29 is 0 Å². The van der Waals surface area contributed by atoms with E-state index in [1.165, 1.54) is 6.33 Å². The lowest BCUT2D eigenvalue weighted by Crippen LogP contribution is -1.99. The van der Waals surface area contributed by atoms with Crippen LogP contribution in [0.25, 0.3) is 16.9 Å². The Morgan fingerprint density at radius 3 is 2.89 bits per heavy atom. The molecule has 0 radical (unpaired) electrons. The standard InChI is InChI=1S/C10H8N8/c11-10-14-9(5-12-15-10)7-2-1-3-8(4-7)18-6-13-16-17-18/h1-6H,(H2,11,14,15). The summed E-state index contributed by atoms with van der Waals surface area (Å²) in [6.07, 6.45) is 3.07. The monoisotopic (exact) mass is 240 g/mol. The van der Waals surface area contributed by atoms with Gasteiger partial charge in [0.25, 0.3) is 0 Å². The van der Waals surface area contributed by atoms with Gasteiger partial charge in [-0.2, -0.15) is 5.10 Å². The van der Waals surface area contributed by atoms with E-state index in [1.54, 1.807) is 10.9 Å². The van der Waals surface area contributed by atoms with E-state index in [0.717, 1.165) is 11.3 Å². The summed E-state index contributed by atoms with van der Waals surface area (Å²) < 4.78 is 1.56. The summed E-state index contributed by atoms with van der Waals surface area (Å²) in [4.78, 5) is 4.11. The maximum absolute atomic E-state index is 5.51. The van der Waals surface area contributed by atoms with Crippen LogP contribution >= 0.6 is 0 Å². The SMILES string of the molecule is Nc1nncc(-c2cccc(-n3cnnn3)c2)n1. The summed E-state index contributed by atoms with van der Waals surface area (Å²) in [6.45, 7) is 0. The Labute approximate surface area is 101 Å². The van der Waals surface area contributed by atoms with Gasteiger partial charge in [0.2, 0.25) is 5.95 Å². The largest absolute Gasteiger partial charge is 0.366 e. The number of nitrogen functional groups attached to an aromatic ring is 1. The predicted octanol–water partition coefficient (Wildman–Crippen LogP) is 0.0965. The fourth-order valence-corrected chi connectivity index (χ4v) is 1.54. The number of benzene rings is 1. The van der Waals surface area contributed by atoms with Crippen LogP contribution in [-0.4, -0.2) is 35.4 Å². The molecule has 0 saturated carbocycles. The van der Waals surface area contributed by atoms with Crippen molar-refractivity contribution in [3.8, 4) is 16.9 Å². The molecule has 2 N–H and O–H groups in total. The smallest absolute Gasteiger partial charge is 0.240 e. The second kappa shape index (κ2) is 4.17. The van der Waals surface area contributed by atoms with Crippen molar-refractivity contribution in [2.45, 2.75) is 0 Å². The molecule has 0 saturated heterocycles. The highest BCUT2D eigenvalue weighted by atomic mass is 15.5. The van der Waals surface area contributed by atoms with Gasteiger partial charge in [0.1, 0.15) is 6.33 Å². The van der Waals surface area contributed by atoms with Crippen LogP contribution in [0.5, 0.6) is 0 Å². The second-order valence-corrected chi connectivity index (χ2v) is 3.50. The van der Waals surface area contributed by atoms with Crippen LogP contribution in [0.4, 0.5) is 5.95 Å². The number of nitrogens with two attached hydrogens (primary N) is 1. The molecular weight excluding hydrogens is 232 g/mol. The molecule has 0 aliphatic carbocycles. The van der Waals surface area contributed by atoms with Gasteiger partial charge in [-0.05, 0) is 22.6 Å². The minimum atomic E-state index is 0.139. The molecule has 2 aromatic heterocycles. The molecule has 8 heteroatoms. The van der Waals surface area contributed by atoms with E-state index in [-0.39, 0.29) is 5.95 Å². The van der Waals surface area contributed by atoms with Gasteiger partial charge in [0, 0.05) is 5.56 Å². The first-order valence-corrected chi connectivity index (χ1v) is 5.12. The molecule has 0 spiro atoms. The molecular formula is C10H8N8. The first-order chi connectivity index (χ1) is 8.83. The van der Waals surface area contributed by atoms with Gasteiger partial charge < -0.3 is 5.73 Å². The highest BCUT2D eigenvalue weighted by molar-refractivity contribution is 5.61. The molecule has 1 aromatic carbocycles. The quantitative estimate of drug-likeness (QED) is 0.676. The lowest BCUT2D eigenvalue weighted by molar-refractivity contribution is 0.789. The van der Waals surface area contributed by atoms with E-state index in [4.69, 9.17) is 5.73 Å². The molecule has 0 aliphatic heterocycles. The van der Waals surface area contributed by atoms with Crippen LogP contribution in [0.3, 0.4) is 0 Å². The van der Waals surface area contributed by atoms with Crippen LogP contribution < -0.4 is 5.73 Å². The summed E-state index contributed by atoms with van der Waals surface area (Å²) in [7, 11) is 0. The maximum Gasteiger partial charge on any atom is 0.240 e. The van der Waals surface area contributed by atoms with E-state index < -0.39 is 0 Å². The Kier molecular flexibility index (Phi) is 2.38. The van der Waals surface area contributed by atoms with E-state index in [9.17, 15) is 0 Å². The first-order valence-electron chi connectivity index (χ1n) is 5.12. The van der Waals surface area contributed by atoms with Crippen LogP contribution in [0.15, 0.2) is 36.8 Å². The zero-order valence-corrected chi connectivity index (χ0v) is 9.17. The number of rotatable bonds is 2. The second-order valence-electron chi connectivity index (χ2n) is 3.50. The Bertz CT molecular complexity index is 663. The molecule has 18 heavy (non-hydrogen) atoms. The van der Waals surface area contributed by atoms with E-state index in [1.807, 2.05) is 24.3 Å². The first kappa shape index (κ1) is 10.3. The Balaban J connectivity index is 2.06. The maximum atomic E-state index is 5.51. The third kappa shape index (κ3) is 1.86. The zero-order valence-electron chi connectivity index (χ0n) is 9.17. The summed E-state index contributed by atoms with van der Waals surface area (Å²) in [5.41, 5.74) is 7.85. The Morgan fingerprint density at radius 1 is 1.17 bits per heavy atom. The number of nitrogens with zero attached hydrogens (tertiary/aromatic N) is 7. The zero-order chi connectivity index (χ0) is 12.4. The van der Waals surface area contributed by atoms with E-state index in [2.05, 4.69) is 30.7 Å². The van der Waals surface area contributed by atoms with Crippen molar-refractivity contribution in [3.63, 3.8) is 0 Å². The van der Waals surface area contributed by atoms with Gasteiger partial charge in [-0.3, -0.25) is 0 Å². The Morgan fingerprint density at radius 2 is 2.11 bits per heavy atom. The lowest BCUT2D eigenvalue weighted by atomic mass is 10.1. The molecule has 0 fully saturated rings. The average molecular weight is 240 g/mol. The summed E-state index contributed by atoms with van der Waals surface area (Å²) in [5.74, 6) is 0.139. The van der Waals surface area contributed by atoms with Crippen molar-refractivity contribution in [1.29, 1.82) is 0 Å². The average Bonchev–Trinajstić information content (AvgIpc) is 2.93. The Hall–Kier alpha value is -2.90. The normalized spacial score (nSPS) is 10.4. The number of hydrogen-bond donors (Lipinski definition) is 1. The minimum Gasteiger partial charge on any atom is -0.366 e. The molecule has 0 unspecified atom stereocenters. The third-order valence-electron chi connectivity index (χ3n) is 2.33. The summed E-state index contributed by atoms with van der Waals surface area (Å²) in [6, 6.07) is 7.56. The lowest BCUT2D eigenvalue weighted by Gasteiger charge is -2.03. The number of tetrazole rings is 1. The van der Waals surface area contributed by atoms with E-state index >= 15 is 0 Å². The molecule has 2 heterocycles. The van der Waals surface area contributed by atoms with Crippen LogP contribution in [0.1, 0.15) is 0 Å². The van der Waals surface area contributed by atoms with E-state index in [0.29, 0.717) is 5.69 Å². The number of hydrogen-bond acceptors (Lipinski definition) is 7. The van der Waals surface area contributed by atoms with Gasteiger partial charge >= 0.3 is 0 Å². The van der Waals surface area contributed by atoms with Gasteiger partial charge in [0.15, 0.2) is 0 Å². The number of anilines is 1. The topological polar surface area (TPSA) is 108 Å². The van der Waals surface area contributed by atoms with Gasteiger partial charge in [-0.25, -0.2) is 9.67 Å². The third-order valence-corrected chi connectivity index (χ3v) is 2.33. The fraction of sp³-hybridized carbons (Fsp3) is 0. The highest BCUT2D eigenvalue weighted by Crippen LogP contribution is 2.19. The predicted molar refractivity (Wildman–Crippen MR) is 62.4 cm³/mol. The summed E-state index contributed by atoms with van der Waals surface area (Å²) >= 11 is 0. The molecule has 0 bridgehead atoms. The van der Waals surface area contributed by atoms with Gasteiger partial charge in [0.05, 0.1) is 17.6 Å². The van der Waals surface area contributed by atoms with Crippen LogP contribution in [-0.2, 0) is 0 Å². The molecule has 3 aromatic rings. The van der Waals surface area contributed by atoms with Crippen molar-refractivity contribution >= 4 is 5.95 Å². The molecule has 0 amide bonds. The van der Waals surface area contributed by atoms with Crippen LogP contribution in [0, 0.1) is 0 Å². The van der Waals surface area contributed by atoms with Crippen molar-refractivity contribution in [1.82, 2.24) is 35.4 Å².